The van der Waals surface area contributed by atoms with Crippen molar-refractivity contribution >= 4 is 5.91 Å². The SMILES string of the molecule is COCCCN1C(=O)c2[nH]nc(-c3ccccc3)c2C1c1ccc(C)cc1. The van der Waals surface area contributed by atoms with E-state index in [1.165, 1.54) is 5.56 Å². The van der Waals surface area contributed by atoms with Crippen LogP contribution in [0.25, 0.3) is 11.3 Å². The van der Waals surface area contributed by atoms with Gasteiger partial charge in [-0.1, -0.05) is 60.2 Å². The number of benzene rings is 2. The normalized spacial score (nSPS) is 16.0. The molecule has 1 aliphatic heterocycles. The number of rotatable bonds is 6. The summed E-state index contributed by atoms with van der Waals surface area (Å²) >= 11 is 0. The van der Waals surface area contributed by atoms with Gasteiger partial charge in [0.25, 0.3) is 5.91 Å². The summed E-state index contributed by atoms with van der Waals surface area (Å²) < 4.78 is 5.19. The molecule has 2 heterocycles. The highest BCUT2D eigenvalue weighted by atomic mass is 16.5. The molecule has 4 rings (SSSR count). The number of nitrogens with zero attached hydrogens (tertiary/aromatic N) is 2. The quantitative estimate of drug-likeness (QED) is 0.676. The first-order valence-corrected chi connectivity index (χ1v) is 9.21. The van der Waals surface area contributed by atoms with Gasteiger partial charge < -0.3 is 9.64 Å². The number of aromatic amines is 1. The minimum absolute atomic E-state index is 0.00126. The molecule has 2 aromatic carbocycles. The van der Waals surface area contributed by atoms with Crippen molar-refractivity contribution in [3.63, 3.8) is 0 Å². The van der Waals surface area contributed by atoms with Gasteiger partial charge in [0.2, 0.25) is 0 Å². The molecule has 5 heteroatoms. The van der Waals surface area contributed by atoms with Crippen molar-refractivity contribution in [2.45, 2.75) is 19.4 Å². The first-order chi connectivity index (χ1) is 13.2. The van der Waals surface area contributed by atoms with Gasteiger partial charge in [0.1, 0.15) is 5.69 Å². The Bertz CT molecular complexity index is 932. The van der Waals surface area contributed by atoms with E-state index in [0.29, 0.717) is 18.8 Å². The van der Waals surface area contributed by atoms with E-state index in [1.807, 2.05) is 35.2 Å². The van der Waals surface area contributed by atoms with Gasteiger partial charge in [0, 0.05) is 31.4 Å². The fourth-order valence-corrected chi connectivity index (χ4v) is 3.72. The zero-order valence-electron chi connectivity index (χ0n) is 15.6. The van der Waals surface area contributed by atoms with Crippen LogP contribution in [0.3, 0.4) is 0 Å². The lowest BCUT2D eigenvalue weighted by Crippen LogP contribution is -2.31. The van der Waals surface area contributed by atoms with Crippen molar-refractivity contribution in [2.24, 2.45) is 0 Å². The number of aromatic nitrogens is 2. The summed E-state index contributed by atoms with van der Waals surface area (Å²) in [5.41, 5.74) is 5.72. The van der Waals surface area contributed by atoms with Crippen LogP contribution in [0.15, 0.2) is 54.6 Å². The van der Waals surface area contributed by atoms with Gasteiger partial charge in [-0.05, 0) is 18.9 Å². The minimum Gasteiger partial charge on any atom is -0.385 e. The van der Waals surface area contributed by atoms with Gasteiger partial charge in [0.15, 0.2) is 0 Å². The summed E-state index contributed by atoms with van der Waals surface area (Å²) in [7, 11) is 1.68. The molecule has 1 amide bonds. The third-order valence-corrected chi connectivity index (χ3v) is 5.05. The predicted octanol–water partition coefficient (Wildman–Crippen LogP) is 3.97. The number of methoxy groups -OCH3 is 1. The number of hydrogen-bond donors (Lipinski definition) is 1. The molecule has 0 aliphatic carbocycles. The van der Waals surface area contributed by atoms with Crippen LogP contribution in [0.4, 0.5) is 0 Å². The second kappa shape index (κ2) is 7.37. The fourth-order valence-electron chi connectivity index (χ4n) is 3.72. The molecule has 0 bridgehead atoms. The van der Waals surface area contributed by atoms with Crippen molar-refractivity contribution in [1.29, 1.82) is 0 Å². The van der Waals surface area contributed by atoms with Gasteiger partial charge in [-0.3, -0.25) is 9.89 Å². The van der Waals surface area contributed by atoms with Crippen molar-refractivity contribution in [2.75, 3.05) is 20.3 Å². The summed E-state index contributed by atoms with van der Waals surface area (Å²) in [5.74, 6) is 0.00126. The lowest BCUT2D eigenvalue weighted by molar-refractivity contribution is 0.0723. The minimum atomic E-state index is -0.140. The maximum atomic E-state index is 13.1. The Hall–Kier alpha value is -2.92. The molecule has 27 heavy (non-hydrogen) atoms. The number of hydrogen-bond acceptors (Lipinski definition) is 3. The number of nitrogens with one attached hydrogen (secondary N) is 1. The van der Waals surface area contributed by atoms with Crippen LogP contribution in [-0.2, 0) is 4.74 Å². The largest absolute Gasteiger partial charge is 0.385 e. The molecular weight excluding hydrogens is 338 g/mol. The van der Waals surface area contributed by atoms with Crippen LogP contribution in [0, 0.1) is 6.92 Å². The van der Waals surface area contributed by atoms with Crippen molar-refractivity contribution < 1.29 is 9.53 Å². The number of carbonyl (C=O) groups is 1. The molecule has 1 atom stereocenters. The van der Waals surface area contributed by atoms with E-state index in [1.54, 1.807) is 7.11 Å². The van der Waals surface area contributed by atoms with Crippen molar-refractivity contribution in [3.05, 3.63) is 77.0 Å². The number of fused-ring (bicyclic) bond motifs is 1. The van der Waals surface area contributed by atoms with Gasteiger partial charge in [-0.25, -0.2) is 0 Å². The average molecular weight is 361 g/mol. The highest BCUT2D eigenvalue weighted by Crippen LogP contribution is 2.42. The Kier molecular flexibility index (Phi) is 4.77. The molecule has 1 N–H and O–H groups in total. The monoisotopic (exact) mass is 361 g/mol. The van der Waals surface area contributed by atoms with Crippen LogP contribution in [0.5, 0.6) is 0 Å². The molecule has 3 aromatic rings. The average Bonchev–Trinajstić information content (AvgIpc) is 3.23. The maximum Gasteiger partial charge on any atom is 0.273 e. The second-order valence-corrected chi connectivity index (χ2v) is 6.89. The predicted molar refractivity (Wildman–Crippen MR) is 105 cm³/mol. The topological polar surface area (TPSA) is 58.2 Å². The Morgan fingerprint density at radius 1 is 1.11 bits per heavy atom. The molecule has 0 radical (unpaired) electrons. The smallest absolute Gasteiger partial charge is 0.273 e. The van der Waals surface area contributed by atoms with Crippen LogP contribution >= 0.6 is 0 Å². The van der Waals surface area contributed by atoms with E-state index < -0.39 is 0 Å². The standard InChI is InChI=1S/C22H23N3O2/c1-15-9-11-17(12-10-15)21-18-19(16-7-4-3-5-8-16)23-24-20(18)22(26)25(21)13-6-14-27-2/h3-5,7-12,21H,6,13-14H2,1-2H3,(H,23,24). The Morgan fingerprint density at radius 3 is 2.56 bits per heavy atom. The van der Waals surface area contributed by atoms with Crippen LogP contribution in [0.1, 0.15) is 39.6 Å². The summed E-state index contributed by atoms with van der Waals surface area (Å²) in [6.07, 6.45) is 0.795. The number of carbonyl (C=O) groups excluding carboxylic acids is 1. The van der Waals surface area contributed by atoms with Crippen molar-refractivity contribution in [3.8, 4) is 11.3 Å². The van der Waals surface area contributed by atoms with E-state index in [2.05, 4.69) is 41.4 Å². The molecule has 5 nitrogen and oxygen atoms in total. The number of amides is 1. The lowest BCUT2D eigenvalue weighted by atomic mass is 9.95. The Morgan fingerprint density at radius 2 is 1.85 bits per heavy atom. The summed E-state index contributed by atoms with van der Waals surface area (Å²) in [4.78, 5) is 15.0. The molecule has 138 valence electrons. The third-order valence-electron chi connectivity index (χ3n) is 5.05. The zero-order valence-corrected chi connectivity index (χ0v) is 15.6. The maximum absolute atomic E-state index is 13.1. The molecule has 0 fully saturated rings. The Labute approximate surface area is 159 Å². The second-order valence-electron chi connectivity index (χ2n) is 6.89. The van der Waals surface area contributed by atoms with Crippen LogP contribution in [0.2, 0.25) is 0 Å². The molecule has 0 spiro atoms. The highest BCUT2D eigenvalue weighted by molar-refractivity contribution is 6.00. The van der Waals surface area contributed by atoms with Crippen LogP contribution < -0.4 is 0 Å². The molecule has 1 aromatic heterocycles. The summed E-state index contributed by atoms with van der Waals surface area (Å²) in [6, 6.07) is 18.3. The van der Waals surface area contributed by atoms with Crippen LogP contribution in [-0.4, -0.2) is 41.3 Å². The van der Waals surface area contributed by atoms with E-state index in [9.17, 15) is 4.79 Å². The third kappa shape index (κ3) is 3.15. The highest BCUT2D eigenvalue weighted by Gasteiger charge is 2.41. The molecule has 1 unspecified atom stereocenters. The van der Waals surface area contributed by atoms with E-state index >= 15 is 0 Å². The van der Waals surface area contributed by atoms with Gasteiger partial charge >= 0.3 is 0 Å². The van der Waals surface area contributed by atoms with Crippen molar-refractivity contribution in [1.82, 2.24) is 15.1 Å². The van der Waals surface area contributed by atoms with Gasteiger partial charge in [0.05, 0.1) is 11.7 Å². The molecule has 0 saturated carbocycles. The van der Waals surface area contributed by atoms with E-state index in [-0.39, 0.29) is 11.9 Å². The number of ether oxygens (including phenoxy) is 1. The van der Waals surface area contributed by atoms with Gasteiger partial charge in [-0.2, -0.15) is 5.10 Å². The first kappa shape index (κ1) is 17.5. The van der Waals surface area contributed by atoms with E-state index in [0.717, 1.165) is 28.8 Å². The fraction of sp³-hybridized carbons (Fsp3) is 0.273. The molecular formula is C22H23N3O2. The summed E-state index contributed by atoms with van der Waals surface area (Å²) in [6.45, 7) is 3.34. The molecule has 1 aliphatic rings. The number of H-pyrrole nitrogens is 1. The van der Waals surface area contributed by atoms with E-state index in [4.69, 9.17) is 4.74 Å². The molecule has 0 saturated heterocycles. The lowest BCUT2D eigenvalue weighted by Gasteiger charge is -2.26. The summed E-state index contributed by atoms with van der Waals surface area (Å²) in [5, 5.41) is 7.48. The van der Waals surface area contributed by atoms with Gasteiger partial charge in [-0.15, -0.1) is 0 Å². The Balaban J connectivity index is 1.81. The number of aryl methyl sites for hydroxylation is 1. The first-order valence-electron chi connectivity index (χ1n) is 9.21. The zero-order chi connectivity index (χ0) is 18.8.